The van der Waals surface area contributed by atoms with Gasteiger partial charge in [0.15, 0.2) is 0 Å². The first-order valence-electron chi connectivity index (χ1n) is 4.45. The van der Waals surface area contributed by atoms with Crippen LogP contribution in [-0.4, -0.2) is 46.5 Å². The van der Waals surface area contributed by atoms with Gasteiger partial charge < -0.3 is 15.7 Å². The molecule has 0 aliphatic rings. The van der Waals surface area contributed by atoms with Gasteiger partial charge in [-0.05, 0) is 6.92 Å². The van der Waals surface area contributed by atoms with Crippen LogP contribution in [0.5, 0.6) is 0 Å². The molecule has 92 valence electrons. The average molecular weight is 266 g/mol. The third-order valence-corrected chi connectivity index (χ3v) is 2.33. The highest BCUT2D eigenvalue weighted by molar-refractivity contribution is 7.81. The summed E-state index contributed by atoms with van der Waals surface area (Å²) < 4.78 is 0. The van der Waals surface area contributed by atoms with E-state index in [0.29, 0.717) is 0 Å². The molecule has 0 aliphatic heterocycles. The van der Waals surface area contributed by atoms with Gasteiger partial charge in [0.25, 0.3) is 0 Å². The normalized spacial score (nSPS) is 13.7. The zero-order valence-electron chi connectivity index (χ0n) is 8.64. The van der Waals surface area contributed by atoms with E-state index >= 15 is 0 Å². The van der Waals surface area contributed by atoms with Crippen LogP contribution in [0.2, 0.25) is 0 Å². The molecule has 2 amide bonds. The largest absolute Gasteiger partial charge is 0.480 e. The lowest BCUT2D eigenvalue weighted by Crippen LogP contribution is -2.54. The Bertz CT molecular complexity index is 285. The fourth-order valence-corrected chi connectivity index (χ4v) is 1.19. The van der Waals surface area contributed by atoms with Crippen molar-refractivity contribution in [3.63, 3.8) is 0 Å². The summed E-state index contributed by atoms with van der Waals surface area (Å²) in [4.78, 5) is 32.9. The molecule has 0 heterocycles. The Morgan fingerprint density at radius 2 is 1.56 bits per heavy atom. The SMILES string of the molecule is CC(NC(=O)CS)C(NC(=O)CS)C(=O)O. The van der Waals surface area contributed by atoms with Crippen molar-refractivity contribution < 1.29 is 19.5 Å². The molecule has 0 aliphatic carbocycles. The lowest BCUT2D eigenvalue weighted by molar-refractivity contribution is -0.142. The van der Waals surface area contributed by atoms with Crippen molar-refractivity contribution in [2.45, 2.75) is 19.0 Å². The van der Waals surface area contributed by atoms with Gasteiger partial charge in [0, 0.05) is 0 Å². The molecule has 16 heavy (non-hydrogen) atoms. The summed E-state index contributed by atoms with van der Waals surface area (Å²) in [6.07, 6.45) is 0. The number of hydrogen-bond acceptors (Lipinski definition) is 5. The number of carbonyl (C=O) groups excluding carboxylic acids is 2. The predicted octanol–water partition coefficient (Wildman–Crippen LogP) is -1.08. The Morgan fingerprint density at radius 1 is 1.12 bits per heavy atom. The van der Waals surface area contributed by atoms with Crippen LogP contribution in [0.4, 0.5) is 0 Å². The number of carbonyl (C=O) groups is 3. The maximum atomic E-state index is 11.0. The zero-order valence-corrected chi connectivity index (χ0v) is 10.4. The van der Waals surface area contributed by atoms with Gasteiger partial charge in [0.2, 0.25) is 11.8 Å². The van der Waals surface area contributed by atoms with Crippen LogP contribution >= 0.6 is 25.3 Å². The summed E-state index contributed by atoms with van der Waals surface area (Å²) in [5, 5.41) is 13.5. The zero-order chi connectivity index (χ0) is 12.7. The van der Waals surface area contributed by atoms with E-state index in [1.54, 1.807) is 0 Å². The van der Waals surface area contributed by atoms with Crippen LogP contribution in [-0.2, 0) is 14.4 Å². The summed E-state index contributed by atoms with van der Waals surface area (Å²) in [5.74, 6) is -2.29. The van der Waals surface area contributed by atoms with Crippen molar-refractivity contribution in [1.29, 1.82) is 0 Å². The van der Waals surface area contributed by atoms with Crippen molar-refractivity contribution in [3.8, 4) is 0 Å². The van der Waals surface area contributed by atoms with Gasteiger partial charge >= 0.3 is 5.97 Å². The monoisotopic (exact) mass is 266 g/mol. The first-order chi connectivity index (χ1) is 7.42. The van der Waals surface area contributed by atoms with Crippen molar-refractivity contribution in [3.05, 3.63) is 0 Å². The van der Waals surface area contributed by atoms with Crippen molar-refractivity contribution in [2.24, 2.45) is 0 Å². The van der Waals surface area contributed by atoms with E-state index in [2.05, 4.69) is 35.9 Å². The van der Waals surface area contributed by atoms with Crippen LogP contribution < -0.4 is 10.6 Å². The number of amides is 2. The van der Waals surface area contributed by atoms with E-state index in [-0.39, 0.29) is 11.5 Å². The summed E-state index contributed by atoms with van der Waals surface area (Å²) in [6, 6.07) is -1.90. The molecule has 6 nitrogen and oxygen atoms in total. The molecule has 8 heteroatoms. The molecule has 0 saturated heterocycles. The van der Waals surface area contributed by atoms with Gasteiger partial charge in [-0.15, -0.1) is 0 Å². The minimum Gasteiger partial charge on any atom is -0.480 e. The second-order valence-corrected chi connectivity index (χ2v) is 3.69. The highest BCUT2D eigenvalue weighted by Crippen LogP contribution is 1.95. The average Bonchev–Trinajstić information content (AvgIpc) is 2.24. The number of thiol groups is 2. The van der Waals surface area contributed by atoms with E-state index in [4.69, 9.17) is 5.11 Å². The quantitative estimate of drug-likeness (QED) is 0.395. The summed E-state index contributed by atoms with van der Waals surface area (Å²) >= 11 is 7.45. The minimum absolute atomic E-state index is 0.0445. The topological polar surface area (TPSA) is 95.5 Å². The van der Waals surface area contributed by atoms with Gasteiger partial charge in [-0.3, -0.25) is 9.59 Å². The predicted molar refractivity (Wildman–Crippen MR) is 64.9 cm³/mol. The number of carboxylic acid groups (broad SMARTS) is 1. The van der Waals surface area contributed by atoms with Gasteiger partial charge in [-0.25, -0.2) is 4.79 Å². The van der Waals surface area contributed by atoms with E-state index in [1.807, 2.05) is 0 Å². The molecule has 2 atom stereocenters. The van der Waals surface area contributed by atoms with Gasteiger partial charge in [0.05, 0.1) is 17.5 Å². The highest BCUT2D eigenvalue weighted by Gasteiger charge is 2.26. The van der Waals surface area contributed by atoms with Crippen molar-refractivity contribution in [1.82, 2.24) is 10.6 Å². The number of nitrogens with one attached hydrogen (secondary N) is 2. The minimum atomic E-state index is -1.22. The van der Waals surface area contributed by atoms with E-state index in [9.17, 15) is 14.4 Å². The maximum absolute atomic E-state index is 11.0. The number of aliphatic carboxylic acids is 1. The maximum Gasteiger partial charge on any atom is 0.328 e. The summed E-state index contributed by atoms with van der Waals surface area (Å²) in [7, 11) is 0. The molecular formula is C8H14N2O4S2. The first-order valence-corrected chi connectivity index (χ1v) is 5.72. The Balaban J connectivity index is 4.46. The molecule has 0 saturated carbocycles. The van der Waals surface area contributed by atoms with Gasteiger partial charge in [-0.2, -0.15) is 25.3 Å². The first kappa shape index (κ1) is 15.1. The Hall–Kier alpha value is -0.890. The summed E-state index contributed by atoms with van der Waals surface area (Å²) in [6.45, 7) is 1.49. The molecule has 0 fully saturated rings. The van der Waals surface area contributed by atoms with Crippen LogP contribution in [0.1, 0.15) is 6.92 Å². The molecule has 0 rings (SSSR count). The Kier molecular flexibility index (Phi) is 6.98. The fourth-order valence-electron chi connectivity index (χ4n) is 1.00. The van der Waals surface area contributed by atoms with E-state index in [1.165, 1.54) is 6.92 Å². The Labute approximate surface area is 104 Å². The lowest BCUT2D eigenvalue weighted by Gasteiger charge is -2.21. The molecule has 2 unspecified atom stereocenters. The summed E-state index contributed by atoms with van der Waals surface area (Å²) in [5.41, 5.74) is 0. The smallest absolute Gasteiger partial charge is 0.328 e. The molecule has 0 aromatic rings. The molecule has 0 radical (unpaired) electrons. The number of carboxylic acids is 1. The second-order valence-electron chi connectivity index (χ2n) is 3.06. The van der Waals surface area contributed by atoms with Crippen LogP contribution in [0, 0.1) is 0 Å². The van der Waals surface area contributed by atoms with Crippen molar-refractivity contribution >= 4 is 43.0 Å². The molecule has 0 spiro atoms. The van der Waals surface area contributed by atoms with Crippen molar-refractivity contribution in [2.75, 3.05) is 11.5 Å². The lowest BCUT2D eigenvalue weighted by atomic mass is 10.1. The second kappa shape index (κ2) is 7.39. The Morgan fingerprint density at radius 3 is 1.94 bits per heavy atom. The standard InChI is InChI=1S/C8H14N2O4S2/c1-4(9-5(11)2-15)7(8(13)14)10-6(12)3-16/h4,7,15-16H,2-3H2,1H3,(H,9,11)(H,10,12)(H,13,14). The van der Waals surface area contributed by atoms with Gasteiger partial charge in [0.1, 0.15) is 6.04 Å². The molecule has 0 bridgehead atoms. The number of rotatable bonds is 6. The third-order valence-electron chi connectivity index (χ3n) is 1.76. The van der Waals surface area contributed by atoms with Crippen LogP contribution in [0.25, 0.3) is 0 Å². The van der Waals surface area contributed by atoms with Crippen LogP contribution in [0.15, 0.2) is 0 Å². The van der Waals surface area contributed by atoms with E-state index in [0.717, 1.165) is 0 Å². The molecule has 3 N–H and O–H groups in total. The number of hydrogen-bond donors (Lipinski definition) is 5. The van der Waals surface area contributed by atoms with E-state index < -0.39 is 29.9 Å². The third kappa shape index (κ3) is 5.26. The van der Waals surface area contributed by atoms with Crippen LogP contribution in [0.3, 0.4) is 0 Å². The molecule has 0 aromatic carbocycles. The fraction of sp³-hybridized carbons (Fsp3) is 0.625. The van der Waals surface area contributed by atoms with Gasteiger partial charge in [-0.1, -0.05) is 0 Å². The molecule has 0 aromatic heterocycles. The molecular weight excluding hydrogens is 252 g/mol. The highest BCUT2D eigenvalue weighted by atomic mass is 32.1.